The molecule has 1 fully saturated rings. The molecule has 1 aliphatic heterocycles. The number of anilines is 1. The van der Waals surface area contributed by atoms with Crippen LogP contribution in [0.25, 0.3) is 4.96 Å². The average Bonchev–Trinajstić information content (AvgIpc) is 3.29. The molecule has 1 aliphatic carbocycles. The van der Waals surface area contributed by atoms with E-state index in [1.54, 1.807) is 11.3 Å². The summed E-state index contributed by atoms with van der Waals surface area (Å²) in [6, 6.07) is 0.345. The summed E-state index contributed by atoms with van der Waals surface area (Å²) in [5.74, 6) is 1.23. The quantitative estimate of drug-likeness (QED) is 0.718. The Morgan fingerprint density at radius 3 is 2.88 bits per heavy atom. The Hall–Kier alpha value is -1.89. The molecular formula is C17H22N6S. The zero-order chi connectivity index (χ0) is 16.3. The van der Waals surface area contributed by atoms with Gasteiger partial charge in [-0.15, -0.1) is 5.10 Å². The summed E-state index contributed by atoms with van der Waals surface area (Å²) in [6.45, 7) is 3.07. The summed E-state index contributed by atoms with van der Waals surface area (Å²) in [5, 5.41) is 5.83. The highest BCUT2D eigenvalue weighted by atomic mass is 32.1. The van der Waals surface area contributed by atoms with Gasteiger partial charge in [-0.1, -0.05) is 11.3 Å². The van der Waals surface area contributed by atoms with Crippen LogP contribution in [0.1, 0.15) is 54.6 Å². The molecule has 0 spiro atoms. The molecule has 4 heterocycles. The van der Waals surface area contributed by atoms with Crippen LogP contribution in [0.3, 0.4) is 0 Å². The van der Waals surface area contributed by atoms with Crippen molar-refractivity contribution in [2.75, 3.05) is 11.4 Å². The molecule has 126 valence electrons. The van der Waals surface area contributed by atoms with Crippen molar-refractivity contribution >= 4 is 21.4 Å². The summed E-state index contributed by atoms with van der Waals surface area (Å²) >= 11 is 1.68. The van der Waals surface area contributed by atoms with Crippen LogP contribution in [0.15, 0.2) is 6.20 Å². The summed E-state index contributed by atoms with van der Waals surface area (Å²) in [4.78, 5) is 13.0. The second-order valence-corrected chi connectivity index (χ2v) is 7.91. The van der Waals surface area contributed by atoms with Crippen molar-refractivity contribution in [2.24, 2.45) is 7.05 Å². The van der Waals surface area contributed by atoms with Gasteiger partial charge in [-0.25, -0.2) is 14.5 Å². The van der Waals surface area contributed by atoms with Gasteiger partial charge in [-0.3, -0.25) is 0 Å². The minimum atomic E-state index is 0.345. The molecule has 1 saturated heterocycles. The number of fused-ring (bicyclic) bond motifs is 2. The first-order chi connectivity index (χ1) is 11.7. The standard InChI is InChI=1S/C17H22N6S/c1-11-10-23-16(18-11)24-17(20-23)22-9-5-8-14(22)15-19-12-6-3-4-7-13(12)21(15)2/h10,14H,3-9H2,1-2H3. The number of aryl methyl sites for hydroxylation is 2. The highest BCUT2D eigenvalue weighted by molar-refractivity contribution is 7.20. The largest absolute Gasteiger partial charge is 0.336 e. The normalized spacial score (nSPS) is 20.9. The maximum absolute atomic E-state index is 5.04. The molecule has 0 saturated carbocycles. The van der Waals surface area contributed by atoms with E-state index in [0.717, 1.165) is 35.2 Å². The predicted octanol–water partition coefficient (Wildman–Crippen LogP) is 3.05. The van der Waals surface area contributed by atoms with Crippen LogP contribution in [0.5, 0.6) is 0 Å². The van der Waals surface area contributed by atoms with Crippen LogP contribution in [0, 0.1) is 6.92 Å². The van der Waals surface area contributed by atoms with E-state index in [1.807, 2.05) is 17.6 Å². The third-order valence-electron chi connectivity index (χ3n) is 5.36. The van der Waals surface area contributed by atoms with Gasteiger partial charge < -0.3 is 9.47 Å². The Morgan fingerprint density at radius 2 is 2.04 bits per heavy atom. The predicted molar refractivity (Wildman–Crippen MR) is 94.8 cm³/mol. The maximum atomic E-state index is 5.04. The molecule has 1 atom stereocenters. The minimum absolute atomic E-state index is 0.345. The van der Waals surface area contributed by atoms with Crippen molar-refractivity contribution in [2.45, 2.75) is 51.5 Å². The first-order valence-corrected chi connectivity index (χ1v) is 9.66. The lowest BCUT2D eigenvalue weighted by Gasteiger charge is -2.23. The van der Waals surface area contributed by atoms with Gasteiger partial charge in [-0.2, -0.15) is 0 Å². The molecule has 24 heavy (non-hydrogen) atoms. The zero-order valence-electron chi connectivity index (χ0n) is 14.2. The Bertz CT molecular complexity index is 872. The summed E-state index contributed by atoms with van der Waals surface area (Å²) in [7, 11) is 2.20. The van der Waals surface area contributed by atoms with E-state index in [1.165, 1.54) is 42.9 Å². The monoisotopic (exact) mass is 342 g/mol. The van der Waals surface area contributed by atoms with Crippen molar-refractivity contribution in [3.8, 4) is 0 Å². The first-order valence-electron chi connectivity index (χ1n) is 8.84. The van der Waals surface area contributed by atoms with Gasteiger partial charge in [-0.05, 0) is 45.4 Å². The number of aromatic nitrogens is 5. The third kappa shape index (κ3) is 2.10. The summed E-state index contributed by atoms with van der Waals surface area (Å²) in [6.07, 6.45) is 9.24. The van der Waals surface area contributed by atoms with Gasteiger partial charge in [0.1, 0.15) is 5.82 Å². The van der Waals surface area contributed by atoms with E-state index < -0.39 is 0 Å². The Labute approximate surface area is 145 Å². The molecule has 3 aromatic rings. The van der Waals surface area contributed by atoms with Gasteiger partial charge in [0, 0.05) is 19.3 Å². The lowest BCUT2D eigenvalue weighted by Crippen LogP contribution is -2.25. The number of hydrogen-bond donors (Lipinski definition) is 0. The van der Waals surface area contributed by atoms with E-state index in [4.69, 9.17) is 10.1 Å². The Morgan fingerprint density at radius 1 is 1.17 bits per heavy atom. The molecule has 0 radical (unpaired) electrons. The van der Waals surface area contributed by atoms with Gasteiger partial charge in [0.15, 0.2) is 0 Å². The van der Waals surface area contributed by atoms with Crippen LogP contribution in [-0.2, 0) is 19.9 Å². The molecule has 1 unspecified atom stereocenters. The molecular weight excluding hydrogens is 320 g/mol. The number of rotatable bonds is 2. The maximum Gasteiger partial charge on any atom is 0.214 e. The van der Waals surface area contributed by atoms with Crippen molar-refractivity contribution < 1.29 is 0 Å². The molecule has 0 aromatic carbocycles. The molecule has 5 rings (SSSR count). The van der Waals surface area contributed by atoms with E-state index in [0.29, 0.717) is 6.04 Å². The molecule has 0 amide bonds. The van der Waals surface area contributed by atoms with Crippen molar-refractivity contribution in [3.63, 3.8) is 0 Å². The van der Waals surface area contributed by atoms with Crippen LogP contribution >= 0.6 is 11.3 Å². The number of hydrogen-bond acceptors (Lipinski definition) is 5. The molecule has 2 aliphatic rings. The zero-order valence-corrected chi connectivity index (χ0v) is 15.0. The molecule has 0 N–H and O–H groups in total. The molecule has 0 bridgehead atoms. The van der Waals surface area contributed by atoms with E-state index in [9.17, 15) is 0 Å². The van der Waals surface area contributed by atoms with Gasteiger partial charge >= 0.3 is 0 Å². The third-order valence-corrected chi connectivity index (χ3v) is 6.32. The van der Waals surface area contributed by atoms with Crippen LogP contribution < -0.4 is 4.90 Å². The highest BCUT2D eigenvalue weighted by Crippen LogP contribution is 2.38. The van der Waals surface area contributed by atoms with Gasteiger partial charge in [0.2, 0.25) is 10.1 Å². The van der Waals surface area contributed by atoms with Crippen LogP contribution in [0.4, 0.5) is 5.13 Å². The smallest absolute Gasteiger partial charge is 0.214 e. The van der Waals surface area contributed by atoms with E-state index in [2.05, 4.69) is 21.5 Å². The summed E-state index contributed by atoms with van der Waals surface area (Å²) < 4.78 is 4.27. The van der Waals surface area contributed by atoms with Crippen LogP contribution in [-0.4, -0.2) is 30.7 Å². The van der Waals surface area contributed by atoms with E-state index >= 15 is 0 Å². The minimum Gasteiger partial charge on any atom is -0.336 e. The fourth-order valence-electron chi connectivity index (χ4n) is 4.18. The lowest BCUT2D eigenvalue weighted by molar-refractivity contribution is 0.607. The topological polar surface area (TPSA) is 51.2 Å². The number of imidazole rings is 2. The average molecular weight is 342 g/mol. The Balaban J connectivity index is 1.53. The fraction of sp³-hybridized carbons (Fsp3) is 0.588. The molecule has 3 aromatic heterocycles. The Kier molecular flexibility index (Phi) is 3.20. The van der Waals surface area contributed by atoms with Gasteiger partial charge in [0.25, 0.3) is 0 Å². The van der Waals surface area contributed by atoms with Crippen molar-refractivity contribution in [1.29, 1.82) is 0 Å². The lowest BCUT2D eigenvalue weighted by atomic mass is 10.0. The fourth-order valence-corrected chi connectivity index (χ4v) is 5.19. The van der Waals surface area contributed by atoms with Crippen LogP contribution in [0.2, 0.25) is 0 Å². The first kappa shape index (κ1) is 14.5. The highest BCUT2D eigenvalue weighted by Gasteiger charge is 2.33. The molecule has 7 heteroatoms. The molecule has 6 nitrogen and oxygen atoms in total. The van der Waals surface area contributed by atoms with Gasteiger partial charge in [0.05, 0.1) is 23.6 Å². The number of nitrogens with zero attached hydrogens (tertiary/aromatic N) is 6. The second-order valence-electron chi connectivity index (χ2n) is 6.97. The summed E-state index contributed by atoms with van der Waals surface area (Å²) in [5.41, 5.74) is 3.80. The SMILES string of the molecule is Cc1cn2nc(N3CCCC3c3nc4c(n3C)CCCC4)sc2n1. The van der Waals surface area contributed by atoms with E-state index in [-0.39, 0.29) is 0 Å². The second kappa shape index (κ2) is 5.31. The van der Waals surface area contributed by atoms with Crippen molar-refractivity contribution in [1.82, 2.24) is 24.1 Å². The van der Waals surface area contributed by atoms with Crippen molar-refractivity contribution in [3.05, 3.63) is 29.1 Å².